The van der Waals surface area contributed by atoms with Crippen molar-refractivity contribution in [2.75, 3.05) is 7.11 Å². The van der Waals surface area contributed by atoms with Crippen LogP contribution in [0.25, 0.3) is 0 Å². The van der Waals surface area contributed by atoms with E-state index in [-0.39, 0.29) is 11.8 Å². The minimum absolute atomic E-state index is 0.218. The molecular weight excluding hydrogens is 270 g/mol. The molecule has 116 valence electrons. The maximum atomic E-state index is 5.16. The van der Waals surface area contributed by atoms with Crippen LogP contribution in [-0.2, 0) is 4.84 Å². The predicted octanol–water partition coefficient (Wildman–Crippen LogP) is 5.21. The standard InChI is InChI=1S/C20H25NO/c1-14-10-6-8-12-18(14)16(3)20(21-22-5)17(4)19-13-9-7-11-15(19)2/h6-13,16-17H,1-5H3. The summed E-state index contributed by atoms with van der Waals surface area (Å²) >= 11 is 0. The fourth-order valence-electron chi connectivity index (χ4n) is 3.10. The van der Waals surface area contributed by atoms with Crippen molar-refractivity contribution in [3.8, 4) is 0 Å². The molecule has 2 aromatic rings. The first-order valence-corrected chi connectivity index (χ1v) is 7.78. The number of oxime groups is 1. The van der Waals surface area contributed by atoms with Gasteiger partial charge in [-0.05, 0) is 36.1 Å². The summed E-state index contributed by atoms with van der Waals surface area (Å²) in [5.74, 6) is 0.437. The highest BCUT2D eigenvalue weighted by Crippen LogP contribution is 2.30. The number of hydrogen-bond acceptors (Lipinski definition) is 2. The van der Waals surface area contributed by atoms with Crippen LogP contribution in [0, 0.1) is 13.8 Å². The fraction of sp³-hybridized carbons (Fsp3) is 0.350. The Hall–Kier alpha value is -2.09. The van der Waals surface area contributed by atoms with E-state index in [0.717, 1.165) is 5.71 Å². The molecule has 0 bridgehead atoms. The molecule has 2 nitrogen and oxygen atoms in total. The molecule has 2 unspecified atom stereocenters. The summed E-state index contributed by atoms with van der Waals surface area (Å²) in [6.07, 6.45) is 0. The highest BCUT2D eigenvalue weighted by Gasteiger charge is 2.23. The lowest BCUT2D eigenvalue weighted by Crippen LogP contribution is -2.19. The molecule has 0 spiro atoms. The molecule has 2 aromatic carbocycles. The smallest absolute Gasteiger partial charge is 0.106 e. The van der Waals surface area contributed by atoms with E-state index >= 15 is 0 Å². The van der Waals surface area contributed by atoms with Gasteiger partial charge in [0.1, 0.15) is 7.11 Å². The summed E-state index contributed by atoms with van der Waals surface area (Å²) in [5.41, 5.74) is 6.25. The molecule has 0 amide bonds. The van der Waals surface area contributed by atoms with E-state index in [4.69, 9.17) is 4.84 Å². The first-order valence-electron chi connectivity index (χ1n) is 7.78. The normalized spacial score (nSPS) is 13.3. The van der Waals surface area contributed by atoms with E-state index in [1.54, 1.807) is 7.11 Å². The van der Waals surface area contributed by atoms with Gasteiger partial charge in [0.2, 0.25) is 0 Å². The highest BCUT2D eigenvalue weighted by molar-refractivity contribution is 5.96. The maximum Gasteiger partial charge on any atom is 0.106 e. The van der Waals surface area contributed by atoms with E-state index in [1.165, 1.54) is 22.3 Å². The molecule has 0 fully saturated rings. The monoisotopic (exact) mass is 295 g/mol. The molecule has 0 aliphatic carbocycles. The largest absolute Gasteiger partial charge is 0.399 e. The Morgan fingerprint density at radius 2 is 1.23 bits per heavy atom. The lowest BCUT2D eigenvalue weighted by molar-refractivity contribution is 0.210. The number of benzene rings is 2. The summed E-state index contributed by atoms with van der Waals surface area (Å²) in [7, 11) is 1.62. The van der Waals surface area contributed by atoms with E-state index in [1.807, 2.05) is 0 Å². The molecule has 22 heavy (non-hydrogen) atoms. The van der Waals surface area contributed by atoms with E-state index in [2.05, 4.69) is 81.4 Å². The SMILES string of the molecule is CON=C(C(C)c1ccccc1C)C(C)c1ccccc1C. The second-order valence-electron chi connectivity index (χ2n) is 5.86. The van der Waals surface area contributed by atoms with Crippen molar-refractivity contribution < 1.29 is 4.84 Å². The maximum absolute atomic E-state index is 5.16. The van der Waals surface area contributed by atoms with Gasteiger partial charge in [-0.15, -0.1) is 0 Å². The van der Waals surface area contributed by atoms with Crippen molar-refractivity contribution in [1.82, 2.24) is 0 Å². The average Bonchev–Trinajstić information content (AvgIpc) is 2.52. The lowest BCUT2D eigenvalue weighted by Gasteiger charge is -2.23. The summed E-state index contributed by atoms with van der Waals surface area (Å²) < 4.78 is 0. The molecule has 0 radical (unpaired) electrons. The van der Waals surface area contributed by atoms with Crippen LogP contribution in [0.3, 0.4) is 0 Å². The molecule has 0 aliphatic heterocycles. The van der Waals surface area contributed by atoms with Gasteiger partial charge in [-0.2, -0.15) is 0 Å². The van der Waals surface area contributed by atoms with Crippen LogP contribution in [0.4, 0.5) is 0 Å². The Morgan fingerprint density at radius 3 is 1.59 bits per heavy atom. The third-order valence-electron chi connectivity index (χ3n) is 4.39. The van der Waals surface area contributed by atoms with Crippen molar-refractivity contribution in [3.05, 3.63) is 70.8 Å². The van der Waals surface area contributed by atoms with Crippen LogP contribution in [0.1, 0.15) is 47.9 Å². The molecule has 0 N–H and O–H groups in total. The van der Waals surface area contributed by atoms with Gasteiger partial charge in [-0.3, -0.25) is 0 Å². The molecule has 0 aliphatic rings. The van der Waals surface area contributed by atoms with Crippen LogP contribution in [0.5, 0.6) is 0 Å². The minimum atomic E-state index is 0.218. The first kappa shape index (κ1) is 16.3. The van der Waals surface area contributed by atoms with Crippen molar-refractivity contribution in [3.63, 3.8) is 0 Å². The Labute approximate surface area is 133 Å². The summed E-state index contributed by atoms with van der Waals surface area (Å²) in [6.45, 7) is 8.70. The Morgan fingerprint density at radius 1 is 0.818 bits per heavy atom. The molecule has 0 saturated carbocycles. The molecule has 0 aromatic heterocycles. The summed E-state index contributed by atoms with van der Waals surface area (Å²) in [4.78, 5) is 5.16. The molecule has 0 saturated heterocycles. The summed E-state index contributed by atoms with van der Waals surface area (Å²) in [5, 5.41) is 4.38. The quantitative estimate of drug-likeness (QED) is 0.548. The van der Waals surface area contributed by atoms with Crippen molar-refractivity contribution >= 4 is 5.71 Å². The topological polar surface area (TPSA) is 21.6 Å². The van der Waals surface area contributed by atoms with Gasteiger partial charge in [0, 0.05) is 11.8 Å². The molecule has 2 heteroatoms. The summed E-state index contributed by atoms with van der Waals surface area (Å²) in [6, 6.07) is 17.0. The predicted molar refractivity (Wildman–Crippen MR) is 93.6 cm³/mol. The minimum Gasteiger partial charge on any atom is -0.399 e. The van der Waals surface area contributed by atoms with Crippen LogP contribution < -0.4 is 0 Å². The van der Waals surface area contributed by atoms with Gasteiger partial charge in [-0.1, -0.05) is 67.5 Å². The Balaban J connectivity index is 2.41. The molecule has 0 heterocycles. The second kappa shape index (κ2) is 7.26. The van der Waals surface area contributed by atoms with Crippen molar-refractivity contribution in [1.29, 1.82) is 0 Å². The fourth-order valence-corrected chi connectivity index (χ4v) is 3.10. The van der Waals surface area contributed by atoms with E-state index in [9.17, 15) is 0 Å². The van der Waals surface area contributed by atoms with Gasteiger partial charge in [0.05, 0.1) is 5.71 Å². The Bertz CT molecular complexity index is 607. The third kappa shape index (κ3) is 3.38. The van der Waals surface area contributed by atoms with E-state index in [0.29, 0.717) is 0 Å². The van der Waals surface area contributed by atoms with Gasteiger partial charge in [0.25, 0.3) is 0 Å². The number of nitrogens with zero attached hydrogens (tertiary/aromatic N) is 1. The van der Waals surface area contributed by atoms with Gasteiger partial charge in [-0.25, -0.2) is 0 Å². The number of hydrogen-bond donors (Lipinski definition) is 0. The van der Waals surface area contributed by atoms with Gasteiger partial charge in [0.15, 0.2) is 0 Å². The first-order chi connectivity index (χ1) is 10.6. The zero-order valence-electron chi connectivity index (χ0n) is 14.1. The highest BCUT2D eigenvalue weighted by atomic mass is 16.6. The number of rotatable bonds is 5. The van der Waals surface area contributed by atoms with Crippen molar-refractivity contribution in [2.45, 2.75) is 39.5 Å². The third-order valence-corrected chi connectivity index (χ3v) is 4.39. The van der Waals surface area contributed by atoms with Crippen LogP contribution in [-0.4, -0.2) is 12.8 Å². The van der Waals surface area contributed by atoms with Crippen LogP contribution in [0.2, 0.25) is 0 Å². The van der Waals surface area contributed by atoms with Gasteiger partial charge < -0.3 is 4.84 Å². The zero-order chi connectivity index (χ0) is 16.1. The van der Waals surface area contributed by atoms with E-state index < -0.39 is 0 Å². The lowest BCUT2D eigenvalue weighted by atomic mass is 9.82. The number of aryl methyl sites for hydroxylation is 2. The molecule has 2 atom stereocenters. The average molecular weight is 295 g/mol. The molecular formula is C20H25NO. The zero-order valence-corrected chi connectivity index (χ0v) is 14.1. The van der Waals surface area contributed by atoms with Crippen LogP contribution in [0.15, 0.2) is 53.7 Å². The van der Waals surface area contributed by atoms with Crippen LogP contribution >= 0.6 is 0 Å². The second-order valence-corrected chi connectivity index (χ2v) is 5.86. The van der Waals surface area contributed by atoms with Crippen molar-refractivity contribution in [2.24, 2.45) is 5.16 Å². The van der Waals surface area contributed by atoms with Gasteiger partial charge >= 0.3 is 0 Å². The Kier molecular flexibility index (Phi) is 5.37. The molecule has 2 rings (SSSR count).